The summed E-state index contributed by atoms with van der Waals surface area (Å²) in [6.07, 6.45) is 0. The molecular formula is C16H16BrNO2. The summed E-state index contributed by atoms with van der Waals surface area (Å²) >= 11 is 3.46. The van der Waals surface area contributed by atoms with Gasteiger partial charge in [0.1, 0.15) is 0 Å². The van der Waals surface area contributed by atoms with Gasteiger partial charge in [0.2, 0.25) is 0 Å². The number of aryl methyl sites for hydroxylation is 1. The van der Waals surface area contributed by atoms with Crippen LogP contribution in [0.4, 0.5) is 5.69 Å². The van der Waals surface area contributed by atoms with Crippen LogP contribution in [0, 0.1) is 6.92 Å². The zero-order valence-electron chi connectivity index (χ0n) is 11.4. The van der Waals surface area contributed by atoms with Crippen LogP contribution < -0.4 is 5.32 Å². The molecule has 0 fully saturated rings. The monoisotopic (exact) mass is 333 g/mol. The van der Waals surface area contributed by atoms with Crippen LogP contribution in [0.3, 0.4) is 0 Å². The summed E-state index contributed by atoms with van der Waals surface area (Å²) in [4.78, 5) is 11.0. The predicted octanol–water partition coefficient (Wildman–Crippen LogP) is 4.63. The van der Waals surface area contributed by atoms with Gasteiger partial charge >= 0.3 is 5.97 Å². The van der Waals surface area contributed by atoms with E-state index >= 15 is 0 Å². The summed E-state index contributed by atoms with van der Waals surface area (Å²) in [6.45, 7) is 4.01. The fourth-order valence-electron chi connectivity index (χ4n) is 2.00. The highest BCUT2D eigenvalue weighted by Crippen LogP contribution is 2.25. The zero-order chi connectivity index (χ0) is 14.7. The Morgan fingerprint density at radius 3 is 2.65 bits per heavy atom. The second-order valence-corrected chi connectivity index (χ2v) is 5.67. The van der Waals surface area contributed by atoms with E-state index in [1.165, 1.54) is 0 Å². The SMILES string of the molecule is Cc1ccc(C(=O)O)cc1NC(C)c1cccc(Br)c1. The molecule has 0 aliphatic rings. The molecule has 104 valence electrons. The number of benzene rings is 2. The van der Waals surface area contributed by atoms with Gasteiger partial charge in [-0.15, -0.1) is 0 Å². The van der Waals surface area contributed by atoms with E-state index in [1.807, 2.05) is 37.3 Å². The summed E-state index contributed by atoms with van der Waals surface area (Å²) in [6, 6.07) is 13.3. The van der Waals surface area contributed by atoms with Crippen molar-refractivity contribution in [2.24, 2.45) is 0 Å². The van der Waals surface area contributed by atoms with Crippen LogP contribution in [0.25, 0.3) is 0 Å². The normalized spacial score (nSPS) is 11.9. The molecule has 0 aliphatic heterocycles. The van der Waals surface area contributed by atoms with Crippen molar-refractivity contribution in [1.29, 1.82) is 0 Å². The van der Waals surface area contributed by atoms with Gasteiger partial charge in [-0.3, -0.25) is 0 Å². The molecule has 4 heteroatoms. The van der Waals surface area contributed by atoms with Gasteiger partial charge in [-0.05, 0) is 49.2 Å². The van der Waals surface area contributed by atoms with Crippen molar-refractivity contribution < 1.29 is 9.90 Å². The number of carbonyl (C=O) groups is 1. The number of rotatable bonds is 4. The highest BCUT2D eigenvalue weighted by atomic mass is 79.9. The van der Waals surface area contributed by atoms with E-state index in [2.05, 4.69) is 28.2 Å². The van der Waals surface area contributed by atoms with Crippen LogP contribution in [-0.4, -0.2) is 11.1 Å². The summed E-state index contributed by atoms with van der Waals surface area (Å²) in [7, 11) is 0. The van der Waals surface area contributed by atoms with Crippen LogP contribution in [0.5, 0.6) is 0 Å². The third-order valence-electron chi connectivity index (χ3n) is 3.21. The third kappa shape index (κ3) is 3.39. The van der Waals surface area contributed by atoms with E-state index in [9.17, 15) is 4.79 Å². The molecule has 20 heavy (non-hydrogen) atoms. The molecule has 2 aromatic rings. The summed E-state index contributed by atoms with van der Waals surface area (Å²) in [5.74, 6) is -0.914. The number of nitrogens with one attached hydrogen (secondary N) is 1. The molecule has 1 atom stereocenters. The number of aromatic carboxylic acids is 1. The molecule has 0 spiro atoms. The fourth-order valence-corrected chi connectivity index (χ4v) is 2.42. The predicted molar refractivity (Wildman–Crippen MR) is 84.3 cm³/mol. The molecule has 0 bridgehead atoms. The Labute approximate surface area is 126 Å². The minimum Gasteiger partial charge on any atom is -0.478 e. The molecule has 2 rings (SSSR count). The summed E-state index contributed by atoms with van der Waals surface area (Å²) in [5.41, 5.74) is 3.30. The largest absolute Gasteiger partial charge is 0.478 e. The Bertz CT molecular complexity index is 640. The molecular weight excluding hydrogens is 318 g/mol. The maximum Gasteiger partial charge on any atom is 0.335 e. The molecule has 0 aliphatic carbocycles. The Morgan fingerprint density at radius 1 is 1.25 bits per heavy atom. The average molecular weight is 334 g/mol. The molecule has 0 saturated carbocycles. The number of halogens is 1. The third-order valence-corrected chi connectivity index (χ3v) is 3.70. The van der Waals surface area contributed by atoms with Crippen LogP contribution in [0.15, 0.2) is 46.9 Å². The zero-order valence-corrected chi connectivity index (χ0v) is 12.9. The lowest BCUT2D eigenvalue weighted by atomic mass is 10.1. The molecule has 0 heterocycles. The van der Waals surface area contributed by atoms with Crippen molar-refractivity contribution >= 4 is 27.6 Å². The quantitative estimate of drug-likeness (QED) is 0.857. The number of hydrogen-bond donors (Lipinski definition) is 2. The van der Waals surface area contributed by atoms with Gasteiger partial charge in [-0.1, -0.05) is 34.1 Å². The molecule has 0 aromatic heterocycles. The Morgan fingerprint density at radius 2 is 2.00 bits per heavy atom. The van der Waals surface area contributed by atoms with Crippen molar-refractivity contribution in [3.05, 3.63) is 63.6 Å². The molecule has 1 unspecified atom stereocenters. The fraction of sp³-hybridized carbons (Fsp3) is 0.188. The van der Waals surface area contributed by atoms with Gasteiger partial charge in [0.25, 0.3) is 0 Å². The van der Waals surface area contributed by atoms with E-state index < -0.39 is 5.97 Å². The first-order chi connectivity index (χ1) is 9.47. The van der Waals surface area contributed by atoms with Crippen molar-refractivity contribution in [1.82, 2.24) is 0 Å². The van der Waals surface area contributed by atoms with E-state index in [1.54, 1.807) is 12.1 Å². The Balaban J connectivity index is 2.25. The Hall–Kier alpha value is -1.81. The number of anilines is 1. The van der Waals surface area contributed by atoms with E-state index in [0.29, 0.717) is 5.56 Å². The minimum absolute atomic E-state index is 0.0928. The topological polar surface area (TPSA) is 49.3 Å². The van der Waals surface area contributed by atoms with Crippen molar-refractivity contribution in [2.75, 3.05) is 5.32 Å². The lowest BCUT2D eigenvalue weighted by Gasteiger charge is -2.18. The van der Waals surface area contributed by atoms with E-state index in [4.69, 9.17) is 5.11 Å². The van der Waals surface area contributed by atoms with E-state index in [0.717, 1.165) is 21.3 Å². The molecule has 2 aromatic carbocycles. The van der Waals surface area contributed by atoms with Gasteiger partial charge in [-0.25, -0.2) is 4.79 Å². The second kappa shape index (κ2) is 6.09. The first-order valence-corrected chi connectivity index (χ1v) is 7.12. The van der Waals surface area contributed by atoms with Crippen LogP contribution in [0.2, 0.25) is 0 Å². The molecule has 0 saturated heterocycles. The molecule has 3 nitrogen and oxygen atoms in total. The molecule has 0 radical (unpaired) electrons. The van der Waals surface area contributed by atoms with Crippen LogP contribution in [-0.2, 0) is 0 Å². The van der Waals surface area contributed by atoms with Gasteiger partial charge < -0.3 is 10.4 Å². The highest BCUT2D eigenvalue weighted by molar-refractivity contribution is 9.10. The van der Waals surface area contributed by atoms with Crippen LogP contribution >= 0.6 is 15.9 Å². The number of carboxylic acids is 1. The smallest absolute Gasteiger partial charge is 0.335 e. The van der Waals surface area contributed by atoms with Crippen molar-refractivity contribution in [2.45, 2.75) is 19.9 Å². The number of hydrogen-bond acceptors (Lipinski definition) is 2. The standard InChI is InChI=1S/C16H16BrNO2/c1-10-6-7-13(16(19)20)9-15(10)18-11(2)12-4-3-5-14(17)8-12/h3-9,11,18H,1-2H3,(H,19,20). The first kappa shape index (κ1) is 14.6. The summed E-state index contributed by atoms with van der Waals surface area (Å²) in [5, 5.41) is 12.4. The van der Waals surface area contributed by atoms with Gasteiger partial charge in [-0.2, -0.15) is 0 Å². The maximum absolute atomic E-state index is 11.0. The minimum atomic E-state index is -0.914. The molecule has 0 amide bonds. The molecule has 2 N–H and O–H groups in total. The van der Waals surface area contributed by atoms with Crippen LogP contribution in [0.1, 0.15) is 34.5 Å². The van der Waals surface area contributed by atoms with Gasteiger partial charge in [0, 0.05) is 16.2 Å². The van der Waals surface area contributed by atoms with Crippen molar-refractivity contribution in [3.63, 3.8) is 0 Å². The lowest BCUT2D eigenvalue weighted by Crippen LogP contribution is -2.09. The van der Waals surface area contributed by atoms with Crippen molar-refractivity contribution in [3.8, 4) is 0 Å². The second-order valence-electron chi connectivity index (χ2n) is 4.76. The first-order valence-electron chi connectivity index (χ1n) is 6.33. The maximum atomic E-state index is 11.0. The summed E-state index contributed by atoms with van der Waals surface area (Å²) < 4.78 is 1.03. The van der Waals surface area contributed by atoms with E-state index in [-0.39, 0.29) is 6.04 Å². The highest BCUT2D eigenvalue weighted by Gasteiger charge is 2.10. The Kier molecular flexibility index (Phi) is 4.45. The lowest BCUT2D eigenvalue weighted by molar-refractivity contribution is 0.0697. The average Bonchev–Trinajstić information content (AvgIpc) is 2.41. The number of carboxylic acid groups (broad SMARTS) is 1. The van der Waals surface area contributed by atoms with Gasteiger partial charge in [0.05, 0.1) is 5.56 Å². The van der Waals surface area contributed by atoms with Gasteiger partial charge in [0.15, 0.2) is 0 Å².